The highest BCUT2D eigenvalue weighted by molar-refractivity contribution is 5.69. The number of unbranched alkanes of at least 4 members (excludes halogenated alkanes) is 2. The van der Waals surface area contributed by atoms with Crippen molar-refractivity contribution in [2.75, 3.05) is 6.61 Å². The van der Waals surface area contributed by atoms with Gasteiger partial charge in [-0.25, -0.2) is 0 Å². The van der Waals surface area contributed by atoms with Crippen LogP contribution < -0.4 is 0 Å². The summed E-state index contributed by atoms with van der Waals surface area (Å²) in [6.45, 7) is 13.0. The maximum atomic E-state index is 12.4. The molecule has 11 atom stereocenters. The fraction of sp³-hybridized carbons (Fsp3) is 0.909. The first kappa shape index (κ1) is 26.4. The van der Waals surface area contributed by atoms with Gasteiger partial charge >= 0.3 is 5.97 Å². The standard InChI is InChI=1S/C33H52O4/c1-6-7-8-9-29(34)36-24-13-15-31(4)23(18-24)10-11-25-26(31)14-16-32(5)27(25)19-28-30(32)22(3)33(37-28)17-12-21(2)20-35-33/h10,21-22,24-28,30H,6-9,11-20H2,1-5H3/t21-,22-,24+,25-,26-,27-,28-,30+,31-,32-,33+/m0/s1. The molecule has 3 saturated carbocycles. The van der Waals surface area contributed by atoms with Crippen LogP contribution in [0.15, 0.2) is 11.6 Å². The zero-order valence-electron chi connectivity index (χ0n) is 24.2. The highest BCUT2D eigenvalue weighted by atomic mass is 16.7. The number of ether oxygens (including phenoxy) is 3. The molecular formula is C33H52O4. The molecule has 0 bridgehead atoms. The van der Waals surface area contributed by atoms with Crippen LogP contribution in [0.4, 0.5) is 0 Å². The number of carbonyl (C=O) groups excluding carboxylic acids is 1. The second kappa shape index (κ2) is 9.65. The van der Waals surface area contributed by atoms with E-state index in [1.807, 2.05) is 0 Å². The minimum absolute atomic E-state index is 0.0190. The van der Waals surface area contributed by atoms with Gasteiger partial charge in [0.15, 0.2) is 5.79 Å². The van der Waals surface area contributed by atoms with E-state index in [0.29, 0.717) is 35.7 Å². The summed E-state index contributed by atoms with van der Waals surface area (Å²) in [5, 5.41) is 0. The van der Waals surface area contributed by atoms with Crippen molar-refractivity contribution in [2.45, 2.75) is 136 Å². The molecule has 4 heteroatoms. The molecule has 4 aliphatic carbocycles. The third kappa shape index (κ3) is 4.17. The normalized spacial score (nSPS) is 50.6. The fourth-order valence-corrected chi connectivity index (χ4v) is 10.5. The Bertz CT molecular complexity index is 902. The molecule has 208 valence electrons. The van der Waals surface area contributed by atoms with Crippen molar-refractivity contribution in [3.8, 4) is 0 Å². The van der Waals surface area contributed by atoms with E-state index in [9.17, 15) is 4.79 Å². The van der Waals surface area contributed by atoms with Gasteiger partial charge in [0.2, 0.25) is 0 Å². The Morgan fingerprint density at radius 1 is 1.08 bits per heavy atom. The minimum Gasteiger partial charge on any atom is -0.462 e. The Hall–Kier alpha value is -0.870. The number of allylic oxidation sites excluding steroid dienone is 1. The maximum absolute atomic E-state index is 12.4. The van der Waals surface area contributed by atoms with Crippen LogP contribution in [0.25, 0.3) is 0 Å². The van der Waals surface area contributed by atoms with Crippen LogP contribution in [-0.2, 0) is 19.0 Å². The van der Waals surface area contributed by atoms with Gasteiger partial charge in [0.05, 0.1) is 12.7 Å². The summed E-state index contributed by atoms with van der Waals surface area (Å²) in [6, 6.07) is 0. The fourth-order valence-electron chi connectivity index (χ4n) is 10.5. The molecule has 1 spiro atoms. The molecule has 6 aliphatic rings. The largest absolute Gasteiger partial charge is 0.462 e. The number of esters is 1. The maximum Gasteiger partial charge on any atom is 0.306 e. The van der Waals surface area contributed by atoms with Crippen LogP contribution >= 0.6 is 0 Å². The SMILES string of the molecule is CCCCCC(=O)O[C@@H]1CC[C@@]2(C)C(=CC[C@@H]3[C@@H]4C[C@@H]5O[C@]6(CC[C@H](C)CO6)[C@@H](C)[C@H]5[C@@]4(C)CC[C@@H]32)C1. The molecule has 6 rings (SSSR count). The first-order valence-electron chi connectivity index (χ1n) is 15.9. The van der Waals surface area contributed by atoms with E-state index in [4.69, 9.17) is 14.2 Å². The van der Waals surface area contributed by atoms with Crippen molar-refractivity contribution in [3.05, 3.63) is 11.6 Å². The van der Waals surface area contributed by atoms with Gasteiger partial charge in [-0.2, -0.15) is 0 Å². The molecule has 0 aromatic rings. The lowest BCUT2D eigenvalue weighted by Crippen LogP contribution is -2.52. The van der Waals surface area contributed by atoms with Crippen LogP contribution in [0.5, 0.6) is 0 Å². The van der Waals surface area contributed by atoms with Crippen LogP contribution in [0.3, 0.4) is 0 Å². The van der Waals surface area contributed by atoms with Crippen LogP contribution in [0.1, 0.15) is 118 Å². The van der Waals surface area contributed by atoms with Crippen molar-refractivity contribution in [1.29, 1.82) is 0 Å². The Morgan fingerprint density at radius 2 is 1.92 bits per heavy atom. The van der Waals surface area contributed by atoms with Gasteiger partial charge in [0, 0.05) is 25.2 Å². The molecule has 0 aromatic carbocycles. The number of hydrogen-bond acceptors (Lipinski definition) is 4. The van der Waals surface area contributed by atoms with Gasteiger partial charge in [-0.1, -0.05) is 59.1 Å². The quantitative estimate of drug-likeness (QED) is 0.214. The van der Waals surface area contributed by atoms with E-state index >= 15 is 0 Å². The summed E-state index contributed by atoms with van der Waals surface area (Å²) in [6.07, 6.45) is 17.4. The van der Waals surface area contributed by atoms with Gasteiger partial charge in [0.1, 0.15) is 6.10 Å². The van der Waals surface area contributed by atoms with Gasteiger partial charge in [-0.15, -0.1) is 0 Å². The predicted octanol–water partition coefficient (Wildman–Crippen LogP) is 7.85. The highest BCUT2D eigenvalue weighted by Gasteiger charge is 2.68. The summed E-state index contributed by atoms with van der Waals surface area (Å²) in [5.74, 6) is 3.77. The second-order valence-electron chi connectivity index (χ2n) is 14.6. The van der Waals surface area contributed by atoms with E-state index in [2.05, 4.69) is 40.7 Å². The van der Waals surface area contributed by atoms with Crippen molar-refractivity contribution >= 4 is 5.97 Å². The molecule has 37 heavy (non-hydrogen) atoms. The molecular weight excluding hydrogens is 460 g/mol. The first-order chi connectivity index (χ1) is 17.7. The molecule has 0 radical (unpaired) electrons. The minimum atomic E-state index is -0.315. The first-order valence-corrected chi connectivity index (χ1v) is 15.9. The van der Waals surface area contributed by atoms with E-state index < -0.39 is 0 Å². The molecule has 2 heterocycles. The van der Waals surface area contributed by atoms with Gasteiger partial charge in [-0.3, -0.25) is 4.79 Å². The molecule has 4 nitrogen and oxygen atoms in total. The zero-order valence-corrected chi connectivity index (χ0v) is 24.2. The van der Waals surface area contributed by atoms with Crippen molar-refractivity contribution < 1.29 is 19.0 Å². The number of carbonyl (C=O) groups is 1. The van der Waals surface area contributed by atoms with E-state index in [1.54, 1.807) is 5.57 Å². The third-order valence-electron chi connectivity index (χ3n) is 12.6. The summed E-state index contributed by atoms with van der Waals surface area (Å²) in [4.78, 5) is 12.4. The summed E-state index contributed by atoms with van der Waals surface area (Å²) < 4.78 is 19.4. The predicted molar refractivity (Wildman–Crippen MR) is 146 cm³/mol. The number of hydrogen-bond donors (Lipinski definition) is 0. The second-order valence-corrected chi connectivity index (χ2v) is 14.6. The zero-order chi connectivity index (χ0) is 26.0. The molecule has 0 unspecified atom stereocenters. The van der Waals surface area contributed by atoms with Gasteiger partial charge in [0.25, 0.3) is 0 Å². The average molecular weight is 513 g/mol. The Kier molecular flexibility index (Phi) is 6.87. The van der Waals surface area contributed by atoms with Crippen molar-refractivity contribution in [1.82, 2.24) is 0 Å². The Morgan fingerprint density at radius 3 is 2.68 bits per heavy atom. The van der Waals surface area contributed by atoms with E-state index in [-0.39, 0.29) is 23.3 Å². The van der Waals surface area contributed by atoms with E-state index in [1.165, 1.54) is 38.5 Å². The van der Waals surface area contributed by atoms with Crippen LogP contribution in [0, 0.1) is 46.3 Å². The number of rotatable bonds is 5. The smallest absolute Gasteiger partial charge is 0.306 e. The van der Waals surface area contributed by atoms with Gasteiger partial charge < -0.3 is 14.2 Å². The summed E-state index contributed by atoms with van der Waals surface area (Å²) in [5.41, 5.74) is 2.25. The third-order valence-corrected chi connectivity index (χ3v) is 12.6. The van der Waals surface area contributed by atoms with Gasteiger partial charge in [-0.05, 0) is 91.8 Å². The Balaban J connectivity index is 1.15. The topological polar surface area (TPSA) is 44.8 Å². The molecule has 5 fully saturated rings. The van der Waals surface area contributed by atoms with Crippen molar-refractivity contribution in [2.24, 2.45) is 46.3 Å². The molecule has 2 aliphatic heterocycles. The summed E-state index contributed by atoms with van der Waals surface area (Å²) >= 11 is 0. The van der Waals surface area contributed by atoms with E-state index in [0.717, 1.165) is 62.9 Å². The number of fused-ring (bicyclic) bond motifs is 7. The Labute approximate surface area is 225 Å². The molecule has 2 saturated heterocycles. The molecule has 0 amide bonds. The van der Waals surface area contributed by atoms with Crippen LogP contribution in [-0.4, -0.2) is 30.6 Å². The lowest BCUT2D eigenvalue weighted by atomic mass is 9.47. The highest BCUT2D eigenvalue weighted by Crippen LogP contribution is 2.70. The summed E-state index contributed by atoms with van der Waals surface area (Å²) in [7, 11) is 0. The lowest BCUT2D eigenvalue weighted by molar-refractivity contribution is -0.272. The molecule has 0 aromatic heterocycles. The lowest BCUT2D eigenvalue weighted by Gasteiger charge is -2.58. The average Bonchev–Trinajstić information content (AvgIpc) is 3.31. The van der Waals surface area contributed by atoms with Crippen molar-refractivity contribution in [3.63, 3.8) is 0 Å². The molecule has 0 N–H and O–H groups in total. The monoisotopic (exact) mass is 512 g/mol. The van der Waals surface area contributed by atoms with Crippen LogP contribution in [0.2, 0.25) is 0 Å².